The highest BCUT2D eigenvalue weighted by Gasteiger charge is 2.16. The monoisotopic (exact) mass is 278 g/mol. The fraction of sp³-hybridized carbons (Fsp3) is 0.357. The number of hydrogen-bond acceptors (Lipinski definition) is 5. The van der Waals surface area contributed by atoms with Gasteiger partial charge in [-0.15, -0.1) is 0 Å². The molecule has 0 radical (unpaired) electrons. The molecule has 1 rings (SSSR count). The highest BCUT2D eigenvalue weighted by atomic mass is 16.6. The molecule has 108 valence electrons. The predicted molar refractivity (Wildman–Crippen MR) is 75.1 cm³/mol. The molecule has 1 heterocycles. The van der Waals surface area contributed by atoms with Gasteiger partial charge in [0.15, 0.2) is 0 Å². The number of nitrogens with one attached hydrogen (secondary N) is 1. The molecule has 0 bridgehead atoms. The highest BCUT2D eigenvalue weighted by molar-refractivity contribution is 5.91. The zero-order valence-electron chi connectivity index (χ0n) is 12.0. The van der Waals surface area contributed by atoms with Gasteiger partial charge in [-0.3, -0.25) is 10.3 Å². The number of ether oxygens (including phenoxy) is 2. The summed E-state index contributed by atoms with van der Waals surface area (Å²) in [6.45, 7) is 5.32. The van der Waals surface area contributed by atoms with Crippen molar-refractivity contribution >= 4 is 23.8 Å². The van der Waals surface area contributed by atoms with Crippen LogP contribution in [-0.2, 0) is 14.3 Å². The van der Waals surface area contributed by atoms with E-state index >= 15 is 0 Å². The zero-order chi connectivity index (χ0) is 15.2. The smallest absolute Gasteiger partial charge is 0.412 e. The summed E-state index contributed by atoms with van der Waals surface area (Å²) in [7, 11) is 1.29. The minimum atomic E-state index is -0.589. The summed E-state index contributed by atoms with van der Waals surface area (Å²) in [6.07, 6.45) is 5.23. The number of esters is 1. The van der Waals surface area contributed by atoms with Crippen LogP contribution in [0.5, 0.6) is 0 Å². The maximum Gasteiger partial charge on any atom is 0.412 e. The molecule has 0 aliphatic carbocycles. The molecule has 0 atom stereocenters. The number of anilines is 1. The SMILES string of the molecule is COC(=O)/C=C/c1ccncc1NC(=O)OC(C)(C)C. The van der Waals surface area contributed by atoms with Gasteiger partial charge in [-0.1, -0.05) is 0 Å². The lowest BCUT2D eigenvalue weighted by atomic mass is 10.2. The summed E-state index contributed by atoms with van der Waals surface area (Å²) in [5, 5.41) is 2.58. The standard InChI is InChI=1S/C14H18N2O4/c1-14(2,3)20-13(18)16-11-9-15-8-7-10(11)5-6-12(17)19-4/h5-9H,1-4H3,(H,16,18)/b6-5+. The second-order valence-electron chi connectivity index (χ2n) is 4.95. The molecule has 0 saturated heterocycles. The molecule has 1 aromatic rings. The number of nitrogens with zero attached hydrogens (tertiary/aromatic N) is 1. The van der Waals surface area contributed by atoms with Crippen molar-refractivity contribution in [1.29, 1.82) is 0 Å². The van der Waals surface area contributed by atoms with Crippen molar-refractivity contribution in [3.8, 4) is 0 Å². The molecule has 0 fully saturated rings. The van der Waals surface area contributed by atoms with Crippen LogP contribution in [0.1, 0.15) is 26.3 Å². The summed E-state index contributed by atoms with van der Waals surface area (Å²) >= 11 is 0. The second-order valence-corrected chi connectivity index (χ2v) is 4.95. The Hall–Kier alpha value is -2.37. The molecular formula is C14H18N2O4. The Balaban J connectivity index is 2.83. The van der Waals surface area contributed by atoms with Crippen LogP contribution in [0.25, 0.3) is 6.08 Å². The van der Waals surface area contributed by atoms with E-state index in [0.29, 0.717) is 11.3 Å². The first-order chi connectivity index (χ1) is 9.31. The van der Waals surface area contributed by atoms with Crippen LogP contribution in [0, 0.1) is 0 Å². The van der Waals surface area contributed by atoms with Crippen LogP contribution in [0.4, 0.5) is 10.5 Å². The van der Waals surface area contributed by atoms with E-state index in [9.17, 15) is 9.59 Å². The summed E-state index contributed by atoms with van der Waals surface area (Å²) in [5.41, 5.74) is 0.479. The number of rotatable bonds is 3. The van der Waals surface area contributed by atoms with Gasteiger partial charge < -0.3 is 9.47 Å². The largest absolute Gasteiger partial charge is 0.466 e. The number of pyridine rings is 1. The predicted octanol–water partition coefficient (Wildman–Crippen LogP) is 2.61. The van der Waals surface area contributed by atoms with Crippen molar-refractivity contribution in [2.45, 2.75) is 26.4 Å². The van der Waals surface area contributed by atoms with Gasteiger partial charge in [0.25, 0.3) is 0 Å². The maximum atomic E-state index is 11.7. The van der Waals surface area contributed by atoms with Crippen LogP contribution in [0.2, 0.25) is 0 Å². The van der Waals surface area contributed by atoms with Crippen LogP contribution in [0.3, 0.4) is 0 Å². The molecule has 20 heavy (non-hydrogen) atoms. The Morgan fingerprint density at radius 3 is 2.65 bits per heavy atom. The van der Waals surface area contributed by atoms with Gasteiger partial charge in [-0.05, 0) is 32.9 Å². The zero-order valence-corrected chi connectivity index (χ0v) is 12.0. The molecule has 1 amide bonds. The molecule has 0 saturated carbocycles. The molecule has 0 unspecified atom stereocenters. The minimum absolute atomic E-state index is 0.446. The van der Waals surface area contributed by atoms with E-state index in [2.05, 4.69) is 15.0 Å². The number of methoxy groups -OCH3 is 1. The lowest BCUT2D eigenvalue weighted by Gasteiger charge is -2.20. The molecule has 0 aromatic carbocycles. The van der Waals surface area contributed by atoms with Crippen molar-refractivity contribution < 1.29 is 19.1 Å². The van der Waals surface area contributed by atoms with Crippen molar-refractivity contribution in [2.24, 2.45) is 0 Å². The summed E-state index contributed by atoms with van der Waals surface area (Å²) in [4.78, 5) is 26.7. The van der Waals surface area contributed by atoms with E-state index < -0.39 is 17.7 Å². The number of carbonyl (C=O) groups is 2. The van der Waals surface area contributed by atoms with E-state index in [0.717, 1.165) is 0 Å². The number of hydrogen-bond donors (Lipinski definition) is 1. The average Bonchev–Trinajstić information content (AvgIpc) is 2.35. The van der Waals surface area contributed by atoms with Crippen LogP contribution < -0.4 is 5.32 Å². The molecule has 0 aliphatic rings. The second kappa shape index (κ2) is 6.70. The fourth-order valence-electron chi connectivity index (χ4n) is 1.29. The molecule has 1 N–H and O–H groups in total. The quantitative estimate of drug-likeness (QED) is 0.679. The third-order valence-electron chi connectivity index (χ3n) is 2.09. The Bertz CT molecular complexity index is 518. The van der Waals surface area contributed by atoms with Crippen LogP contribution in [0.15, 0.2) is 24.5 Å². The Morgan fingerprint density at radius 2 is 2.05 bits per heavy atom. The number of amides is 1. The molecule has 1 aromatic heterocycles. The Kier molecular flexibility index (Phi) is 5.25. The van der Waals surface area contributed by atoms with E-state index in [1.807, 2.05) is 0 Å². The van der Waals surface area contributed by atoms with Gasteiger partial charge in [0.1, 0.15) is 5.60 Å². The first kappa shape index (κ1) is 15.7. The van der Waals surface area contributed by atoms with Crippen LogP contribution in [-0.4, -0.2) is 29.8 Å². The number of carbonyl (C=O) groups excluding carboxylic acids is 2. The summed E-state index contributed by atoms with van der Waals surface area (Å²) in [6, 6.07) is 1.66. The van der Waals surface area contributed by atoms with Gasteiger partial charge in [-0.2, -0.15) is 0 Å². The van der Waals surface area contributed by atoms with Crippen molar-refractivity contribution in [1.82, 2.24) is 4.98 Å². The first-order valence-corrected chi connectivity index (χ1v) is 6.02. The van der Waals surface area contributed by atoms with Gasteiger partial charge >= 0.3 is 12.1 Å². The summed E-state index contributed by atoms with van der Waals surface area (Å²) < 4.78 is 9.66. The highest BCUT2D eigenvalue weighted by Crippen LogP contribution is 2.17. The van der Waals surface area contributed by atoms with Gasteiger partial charge in [0, 0.05) is 17.8 Å². The maximum absolute atomic E-state index is 11.7. The van der Waals surface area contributed by atoms with E-state index in [4.69, 9.17) is 4.74 Å². The fourth-order valence-corrected chi connectivity index (χ4v) is 1.29. The lowest BCUT2D eigenvalue weighted by Crippen LogP contribution is -2.27. The number of aromatic nitrogens is 1. The molecule has 0 aliphatic heterocycles. The third kappa shape index (κ3) is 5.51. The van der Waals surface area contributed by atoms with E-state index in [1.165, 1.54) is 25.5 Å². The van der Waals surface area contributed by atoms with Gasteiger partial charge in [0.05, 0.1) is 19.0 Å². The summed E-state index contributed by atoms with van der Waals surface area (Å²) in [5.74, 6) is -0.481. The van der Waals surface area contributed by atoms with Crippen molar-refractivity contribution in [3.63, 3.8) is 0 Å². The average molecular weight is 278 g/mol. The van der Waals surface area contributed by atoms with Crippen molar-refractivity contribution in [2.75, 3.05) is 12.4 Å². The van der Waals surface area contributed by atoms with Crippen molar-refractivity contribution in [3.05, 3.63) is 30.1 Å². The molecule has 6 heteroatoms. The lowest BCUT2D eigenvalue weighted by molar-refractivity contribution is -0.134. The molecule has 0 spiro atoms. The van der Waals surface area contributed by atoms with Gasteiger partial charge in [0.2, 0.25) is 0 Å². The third-order valence-corrected chi connectivity index (χ3v) is 2.09. The molecular weight excluding hydrogens is 260 g/mol. The minimum Gasteiger partial charge on any atom is -0.466 e. The van der Waals surface area contributed by atoms with Gasteiger partial charge in [-0.25, -0.2) is 9.59 Å². The topological polar surface area (TPSA) is 77.5 Å². The normalized spacial score (nSPS) is 11.2. The van der Waals surface area contributed by atoms with Crippen LogP contribution >= 0.6 is 0 Å². The Morgan fingerprint density at radius 1 is 1.35 bits per heavy atom. The van der Waals surface area contributed by atoms with E-state index in [-0.39, 0.29) is 0 Å². The Labute approximate surface area is 117 Å². The molecule has 6 nitrogen and oxygen atoms in total. The van der Waals surface area contributed by atoms with E-state index in [1.54, 1.807) is 33.0 Å². The first-order valence-electron chi connectivity index (χ1n) is 6.02.